The van der Waals surface area contributed by atoms with Crippen molar-refractivity contribution in [2.24, 2.45) is 0 Å². The van der Waals surface area contributed by atoms with E-state index in [0.717, 1.165) is 167 Å². The summed E-state index contributed by atoms with van der Waals surface area (Å²) < 4.78 is 89.6. The second-order valence-electron chi connectivity index (χ2n) is 30.4. The molecule has 0 radical (unpaired) electrons. The number of para-hydroxylation sites is 2. The molecule has 0 spiro atoms. The van der Waals surface area contributed by atoms with E-state index in [0.29, 0.717) is 34.1 Å². The first kappa shape index (κ1) is 68.5. The van der Waals surface area contributed by atoms with Crippen molar-refractivity contribution in [2.45, 2.75) is 30.1 Å². The summed E-state index contributed by atoms with van der Waals surface area (Å²) in [5, 5.41) is 3.85. The Morgan fingerprint density at radius 2 is 0.574 bits per heavy atom. The number of benzene rings is 16. The highest BCUT2D eigenvalue weighted by atomic mass is 19.2. The minimum absolute atomic E-state index is 0.558. The fourth-order valence-corrected chi connectivity index (χ4v) is 18.6. The molecule has 3 aliphatic carbocycles. The molecule has 10 heteroatoms. The van der Waals surface area contributed by atoms with E-state index < -0.39 is 39.5 Å². The number of anilines is 6. The number of nitrogens with zero attached hydrogens (tertiary/aromatic N) is 2. The molecule has 2 heterocycles. The minimum atomic E-state index is -1.17. The molecule has 2 aromatic heterocycles. The van der Waals surface area contributed by atoms with E-state index in [1.54, 1.807) is 24.3 Å². The summed E-state index contributed by atoms with van der Waals surface area (Å²) in [7, 11) is 0. The van der Waals surface area contributed by atoms with Gasteiger partial charge in [-0.3, -0.25) is 0 Å². The van der Waals surface area contributed by atoms with Crippen molar-refractivity contribution in [3.63, 3.8) is 0 Å². The third kappa shape index (κ3) is 10.7. The van der Waals surface area contributed by atoms with Gasteiger partial charge >= 0.3 is 0 Å². The van der Waals surface area contributed by atoms with E-state index >= 15 is 17.6 Å². The van der Waals surface area contributed by atoms with Gasteiger partial charge in [-0.2, -0.15) is 0 Å². The summed E-state index contributed by atoms with van der Waals surface area (Å²) >= 11 is 0. The average Bonchev–Trinajstić information content (AvgIpc) is 1.54. The summed E-state index contributed by atoms with van der Waals surface area (Å²) in [5.41, 5.74) is 21.8. The van der Waals surface area contributed by atoms with Crippen LogP contribution in [0.3, 0.4) is 0 Å². The maximum absolute atomic E-state index is 16.3. The maximum atomic E-state index is 16.3. The number of rotatable bonds is 16. The van der Waals surface area contributed by atoms with E-state index in [-0.39, 0.29) is 0 Å². The van der Waals surface area contributed by atoms with E-state index in [1.165, 1.54) is 24.3 Å². The number of hydrogen-bond acceptors (Lipinski definition) is 6. The van der Waals surface area contributed by atoms with E-state index in [9.17, 15) is 0 Å². The van der Waals surface area contributed by atoms with Crippen LogP contribution in [-0.2, 0) is 16.2 Å². The molecular weight excluding hydrogens is 1430 g/mol. The lowest BCUT2D eigenvalue weighted by Crippen LogP contribution is -2.29. The van der Waals surface area contributed by atoms with Gasteiger partial charge in [0.25, 0.3) is 0 Å². The number of fused-ring (bicyclic) bond motifs is 15. The van der Waals surface area contributed by atoms with Gasteiger partial charge in [0.1, 0.15) is 45.3 Å². The molecule has 0 N–H and O–H groups in total. The topological polar surface area (TPSA) is 51.2 Å². The van der Waals surface area contributed by atoms with Gasteiger partial charge in [0, 0.05) is 61.1 Å². The molecule has 0 aliphatic heterocycles. The molecule has 3 aliphatic rings. The van der Waals surface area contributed by atoms with Crippen molar-refractivity contribution in [3.8, 4) is 56.4 Å². The molecule has 16 aromatic carbocycles. The van der Waals surface area contributed by atoms with Crippen molar-refractivity contribution < 1.29 is 35.9 Å². The number of hydrogen-bond donors (Lipinski definition) is 0. The third-order valence-corrected chi connectivity index (χ3v) is 24.0. The Hall–Kier alpha value is -14.5. The molecule has 0 saturated carbocycles. The van der Waals surface area contributed by atoms with Crippen LogP contribution in [0.15, 0.2) is 362 Å². The lowest BCUT2D eigenvalue weighted by molar-refractivity contribution is 0.482. The first-order valence-corrected chi connectivity index (χ1v) is 38.4. The summed E-state index contributed by atoms with van der Waals surface area (Å²) in [6, 6.07) is 112. The zero-order valence-electron chi connectivity index (χ0n) is 62.4. The Balaban J connectivity index is 0.723. The van der Waals surface area contributed by atoms with E-state index in [1.807, 2.05) is 170 Å². The van der Waals surface area contributed by atoms with Crippen LogP contribution in [0.2, 0.25) is 0 Å². The first-order valence-electron chi connectivity index (χ1n) is 38.4. The van der Waals surface area contributed by atoms with Gasteiger partial charge in [0.05, 0.1) is 10.8 Å². The summed E-state index contributed by atoms with van der Waals surface area (Å²) in [6.07, 6.45) is 3.58. The number of halogens is 4. The van der Waals surface area contributed by atoms with Crippen LogP contribution in [0.5, 0.6) is 23.0 Å². The maximum Gasteiger partial charge on any atom is 0.159 e. The fourth-order valence-electron chi connectivity index (χ4n) is 18.6. The van der Waals surface area contributed by atoms with Crippen molar-refractivity contribution in [3.05, 3.63) is 443 Å². The van der Waals surface area contributed by atoms with Gasteiger partial charge in [-0.05, 0) is 270 Å². The largest absolute Gasteiger partial charge is 0.457 e. The van der Waals surface area contributed by atoms with Crippen LogP contribution in [0, 0.1) is 23.3 Å². The van der Waals surface area contributed by atoms with Gasteiger partial charge in [0.15, 0.2) is 23.3 Å². The van der Waals surface area contributed by atoms with Crippen molar-refractivity contribution in [1.82, 2.24) is 0 Å². The van der Waals surface area contributed by atoms with Crippen molar-refractivity contribution in [2.75, 3.05) is 9.80 Å². The highest BCUT2D eigenvalue weighted by Gasteiger charge is 2.49. The Kier molecular flexibility index (Phi) is 15.7. The molecule has 0 bridgehead atoms. The number of ether oxygens (including phenoxy) is 2. The standard InChI is InChI=1S/C105H68F4N2O4/c1-5-63-23-39-75(40-24-63)112-77-43-27-65(28-44-77)104(67-31-51-95(106)97(108)55-67)89-19-11-7-15-79(89)83-49-35-73(61-93(83)104)110(69-37-53-101-87(57-69)85-17-9-13-21-99(85)114-101)71-33-47-81-82-48-34-72(60-92(82)103(3,4)91(81)59-71)111(70-38-54-102-88(58-70)86-18-10-14-22-100(86)115-102)74-36-50-84-80-16-8-12-20-90(80)105(94(84)62-74,68-32-52-96(107)98(109)56-68)66-29-45-78(46-30-66)113-76-41-25-64(6-2)26-42-76/h5-62H,1-2H2,3-4H3. The molecule has 6 nitrogen and oxygen atoms in total. The Labute approximate surface area is 661 Å². The van der Waals surface area contributed by atoms with Gasteiger partial charge in [0.2, 0.25) is 0 Å². The van der Waals surface area contributed by atoms with Crippen LogP contribution < -0.4 is 19.3 Å². The van der Waals surface area contributed by atoms with Crippen molar-refractivity contribution >= 4 is 90.2 Å². The summed E-state index contributed by atoms with van der Waals surface area (Å²) in [4.78, 5) is 4.60. The highest BCUT2D eigenvalue weighted by Crippen LogP contribution is 2.61. The molecule has 2 unspecified atom stereocenters. The van der Waals surface area contributed by atoms with E-state index in [2.05, 4.69) is 170 Å². The Bertz CT molecular complexity index is 6640. The quantitative estimate of drug-likeness (QED) is 0.0899. The molecule has 21 rings (SSSR count). The lowest BCUT2D eigenvalue weighted by Gasteiger charge is -2.35. The number of furan rings is 2. The Morgan fingerprint density at radius 1 is 0.270 bits per heavy atom. The predicted octanol–water partition coefficient (Wildman–Crippen LogP) is 28.9. The third-order valence-electron chi connectivity index (χ3n) is 24.0. The Morgan fingerprint density at radius 3 is 0.957 bits per heavy atom. The second kappa shape index (κ2) is 26.3. The molecule has 0 fully saturated rings. The predicted molar refractivity (Wildman–Crippen MR) is 456 cm³/mol. The first-order chi connectivity index (χ1) is 56.2. The lowest BCUT2D eigenvalue weighted by atomic mass is 9.67. The van der Waals surface area contributed by atoms with Crippen LogP contribution in [0.4, 0.5) is 51.7 Å². The highest BCUT2D eigenvalue weighted by molar-refractivity contribution is 6.08. The van der Waals surface area contributed by atoms with Crippen LogP contribution >= 0.6 is 0 Å². The summed E-state index contributed by atoms with van der Waals surface area (Å²) in [6.45, 7) is 12.4. The van der Waals surface area contributed by atoms with Gasteiger partial charge < -0.3 is 28.1 Å². The molecule has 18 aromatic rings. The fraction of sp³-hybridized carbons (Fsp3) is 0.0476. The van der Waals surface area contributed by atoms with E-state index in [4.69, 9.17) is 18.3 Å². The molecule has 0 saturated heterocycles. The molecule has 115 heavy (non-hydrogen) atoms. The summed E-state index contributed by atoms with van der Waals surface area (Å²) in [5.74, 6) is -1.26. The van der Waals surface area contributed by atoms with Crippen molar-refractivity contribution in [1.29, 1.82) is 0 Å². The van der Waals surface area contributed by atoms with Crippen LogP contribution in [0.25, 0.3) is 89.4 Å². The zero-order valence-corrected chi connectivity index (χ0v) is 62.4. The molecule has 2 atom stereocenters. The monoisotopic (exact) mass is 1500 g/mol. The molecule has 0 amide bonds. The smallest absolute Gasteiger partial charge is 0.159 e. The van der Waals surface area contributed by atoms with Crippen LogP contribution in [-0.4, -0.2) is 0 Å². The molecule has 550 valence electrons. The zero-order chi connectivity index (χ0) is 77.6. The SMILES string of the molecule is C=Cc1ccc(Oc2ccc(C3(c4ccc(F)c(F)c4)c4ccccc4-c4ccc(N(c5ccc6c(c5)C(C)(C)c5cc(N(c7ccc8c(c7)C(c7ccc(Oc9ccc(C=C)cc9)cc7)(c7ccc(F)c(F)c7)c7ccccc7-8)c7ccc8oc9ccccc9c8c7)ccc5-6)c5ccc6oc7ccccc7c6c5)cc43)cc2)cc1. The second-order valence-corrected chi connectivity index (χ2v) is 30.4. The van der Waals surface area contributed by atoms with Gasteiger partial charge in [-0.25, -0.2) is 17.6 Å². The minimum Gasteiger partial charge on any atom is -0.457 e. The van der Waals surface area contributed by atoms with Gasteiger partial charge in [-0.15, -0.1) is 0 Å². The van der Waals surface area contributed by atoms with Crippen LogP contribution in [0.1, 0.15) is 80.6 Å². The molecular formula is C105H68F4N2O4. The normalized spacial score (nSPS) is 15.3. The van der Waals surface area contributed by atoms with Gasteiger partial charge in [-0.1, -0.05) is 209 Å². The average molecular weight is 1500 g/mol.